The van der Waals surface area contributed by atoms with Gasteiger partial charge < -0.3 is 5.32 Å². The summed E-state index contributed by atoms with van der Waals surface area (Å²) in [6.45, 7) is 8.05. The van der Waals surface area contributed by atoms with Crippen molar-refractivity contribution in [3.63, 3.8) is 0 Å². The van der Waals surface area contributed by atoms with E-state index in [9.17, 15) is 10.1 Å². The van der Waals surface area contributed by atoms with E-state index >= 15 is 0 Å². The number of rotatable bonds is 4. The smallest absolute Gasteiger partial charge is 0.269 e. The summed E-state index contributed by atoms with van der Waals surface area (Å²) in [6.07, 6.45) is 0. The number of fused-ring (bicyclic) bond motifs is 1. The van der Waals surface area contributed by atoms with Crippen LogP contribution in [0.5, 0.6) is 0 Å². The Kier molecular flexibility index (Phi) is 3.60. The first-order valence-corrected chi connectivity index (χ1v) is 8.09. The Morgan fingerprint density at radius 3 is 2.23 bits per heavy atom. The quantitative estimate of drug-likeness (QED) is 0.662. The van der Waals surface area contributed by atoms with Crippen LogP contribution in [0.25, 0.3) is 0 Å². The van der Waals surface area contributed by atoms with Crippen LogP contribution in [0.2, 0.25) is 0 Å². The van der Waals surface area contributed by atoms with Gasteiger partial charge >= 0.3 is 0 Å². The normalized spacial score (nSPS) is 29.5. The Morgan fingerprint density at radius 1 is 1.09 bits per heavy atom. The maximum absolute atomic E-state index is 10.7. The molecule has 1 N–H and O–H groups in total. The van der Waals surface area contributed by atoms with E-state index in [0.717, 1.165) is 50.6 Å². The molecule has 0 radical (unpaired) electrons. The molecule has 1 aromatic rings. The van der Waals surface area contributed by atoms with Crippen molar-refractivity contribution in [2.24, 2.45) is 11.8 Å². The molecule has 22 heavy (non-hydrogen) atoms. The summed E-state index contributed by atoms with van der Waals surface area (Å²) in [7, 11) is 0. The Bertz CT molecular complexity index is 544. The summed E-state index contributed by atoms with van der Waals surface area (Å²) >= 11 is 0. The van der Waals surface area contributed by atoms with Gasteiger partial charge in [0.1, 0.15) is 0 Å². The van der Waals surface area contributed by atoms with Crippen LogP contribution >= 0.6 is 0 Å². The number of hydrogen-bond donors (Lipinski definition) is 1. The number of hydrogen-bond acceptors (Lipinski definition) is 5. The number of nitrogens with one attached hydrogen (secondary N) is 1. The molecule has 0 amide bonds. The minimum Gasteiger partial charge on any atom is -0.314 e. The molecule has 0 spiro atoms. The van der Waals surface area contributed by atoms with Gasteiger partial charge in [-0.3, -0.25) is 19.9 Å². The summed E-state index contributed by atoms with van der Waals surface area (Å²) < 4.78 is 0. The fraction of sp³-hybridized carbons (Fsp3) is 0.625. The van der Waals surface area contributed by atoms with Crippen LogP contribution in [-0.2, 0) is 6.54 Å². The third-order valence-electron chi connectivity index (χ3n) is 5.42. The van der Waals surface area contributed by atoms with Crippen molar-refractivity contribution in [1.29, 1.82) is 0 Å². The van der Waals surface area contributed by atoms with E-state index in [1.54, 1.807) is 12.1 Å². The topological polar surface area (TPSA) is 61.7 Å². The van der Waals surface area contributed by atoms with Crippen LogP contribution < -0.4 is 5.32 Å². The molecule has 6 heteroatoms. The minimum absolute atomic E-state index is 0.173. The van der Waals surface area contributed by atoms with E-state index in [0.29, 0.717) is 0 Å². The minimum atomic E-state index is -0.339. The predicted molar refractivity (Wildman–Crippen MR) is 83.6 cm³/mol. The zero-order valence-electron chi connectivity index (χ0n) is 12.6. The van der Waals surface area contributed by atoms with Crippen molar-refractivity contribution < 1.29 is 4.92 Å². The molecule has 0 saturated carbocycles. The van der Waals surface area contributed by atoms with Crippen molar-refractivity contribution >= 4 is 5.69 Å². The highest BCUT2D eigenvalue weighted by Crippen LogP contribution is 2.33. The average Bonchev–Trinajstić information content (AvgIpc) is 2.95. The Morgan fingerprint density at radius 2 is 1.73 bits per heavy atom. The number of nitro groups is 1. The monoisotopic (exact) mass is 302 g/mol. The molecule has 3 fully saturated rings. The highest BCUT2D eigenvalue weighted by Gasteiger charge is 2.42. The van der Waals surface area contributed by atoms with Gasteiger partial charge in [-0.2, -0.15) is 0 Å². The molecule has 118 valence electrons. The molecule has 3 heterocycles. The number of non-ortho nitro benzene ring substituents is 1. The van der Waals surface area contributed by atoms with Gasteiger partial charge in [0.15, 0.2) is 0 Å². The molecule has 4 rings (SSSR count). The first-order valence-electron chi connectivity index (χ1n) is 8.09. The molecule has 0 bridgehead atoms. The molecule has 0 aliphatic carbocycles. The lowest BCUT2D eigenvalue weighted by Crippen LogP contribution is -2.56. The van der Waals surface area contributed by atoms with Crippen molar-refractivity contribution in [2.75, 3.05) is 39.3 Å². The van der Waals surface area contributed by atoms with Gasteiger partial charge in [-0.1, -0.05) is 12.1 Å². The fourth-order valence-electron chi connectivity index (χ4n) is 4.07. The summed E-state index contributed by atoms with van der Waals surface area (Å²) in [5, 5.41) is 14.0. The molecule has 3 aliphatic heterocycles. The third-order valence-corrected chi connectivity index (χ3v) is 5.42. The van der Waals surface area contributed by atoms with E-state index < -0.39 is 0 Å². The zero-order valence-corrected chi connectivity index (χ0v) is 12.6. The highest BCUT2D eigenvalue weighted by molar-refractivity contribution is 5.32. The molecule has 0 aromatic heterocycles. The predicted octanol–water partition coefficient (Wildman–Crippen LogP) is 0.930. The number of nitro benzene ring substituents is 1. The van der Waals surface area contributed by atoms with E-state index in [2.05, 4.69) is 15.1 Å². The van der Waals surface area contributed by atoms with Gasteiger partial charge in [0, 0.05) is 64.0 Å². The lowest BCUT2D eigenvalue weighted by atomic mass is 10.0. The van der Waals surface area contributed by atoms with Gasteiger partial charge in [0.25, 0.3) is 5.69 Å². The second-order valence-electron chi connectivity index (χ2n) is 6.90. The van der Waals surface area contributed by atoms with E-state index in [1.807, 2.05) is 12.1 Å². The first-order chi connectivity index (χ1) is 10.7. The number of nitrogens with zero attached hydrogens (tertiary/aromatic N) is 3. The SMILES string of the molecule is O=[N+]([O-])c1ccc(CN2CC3CN(C4CNC4)CC3C2)cc1. The van der Waals surface area contributed by atoms with Crippen molar-refractivity contribution in [3.8, 4) is 0 Å². The molecule has 1 aromatic carbocycles. The van der Waals surface area contributed by atoms with Crippen LogP contribution in [-0.4, -0.2) is 60.0 Å². The zero-order chi connectivity index (χ0) is 15.1. The largest absolute Gasteiger partial charge is 0.314 e. The van der Waals surface area contributed by atoms with Crippen LogP contribution in [0.15, 0.2) is 24.3 Å². The third kappa shape index (κ3) is 2.62. The molecule has 3 saturated heterocycles. The second-order valence-corrected chi connectivity index (χ2v) is 6.90. The summed E-state index contributed by atoms with van der Waals surface area (Å²) in [5.74, 6) is 1.61. The number of likely N-dealkylation sites (tertiary alicyclic amines) is 2. The van der Waals surface area contributed by atoms with Gasteiger partial charge in [0.05, 0.1) is 4.92 Å². The van der Waals surface area contributed by atoms with Crippen LogP contribution in [0.3, 0.4) is 0 Å². The van der Waals surface area contributed by atoms with Crippen LogP contribution in [0.1, 0.15) is 5.56 Å². The molecule has 3 aliphatic rings. The molecule has 2 atom stereocenters. The number of benzene rings is 1. The second kappa shape index (κ2) is 5.61. The first kappa shape index (κ1) is 14.1. The van der Waals surface area contributed by atoms with Gasteiger partial charge in [0.2, 0.25) is 0 Å². The van der Waals surface area contributed by atoms with Crippen molar-refractivity contribution in [1.82, 2.24) is 15.1 Å². The van der Waals surface area contributed by atoms with Crippen molar-refractivity contribution in [2.45, 2.75) is 12.6 Å². The van der Waals surface area contributed by atoms with E-state index in [-0.39, 0.29) is 10.6 Å². The highest BCUT2D eigenvalue weighted by atomic mass is 16.6. The Balaban J connectivity index is 1.32. The Hall–Kier alpha value is -1.50. The Labute approximate surface area is 130 Å². The van der Waals surface area contributed by atoms with Crippen molar-refractivity contribution in [3.05, 3.63) is 39.9 Å². The average molecular weight is 302 g/mol. The van der Waals surface area contributed by atoms with Gasteiger partial charge in [-0.25, -0.2) is 0 Å². The molecule has 6 nitrogen and oxygen atoms in total. The molecule has 2 unspecified atom stereocenters. The summed E-state index contributed by atoms with van der Waals surface area (Å²) in [4.78, 5) is 15.5. The molecular formula is C16H22N4O2. The lowest BCUT2D eigenvalue weighted by Gasteiger charge is -2.36. The van der Waals surface area contributed by atoms with E-state index in [1.165, 1.54) is 18.7 Å². The molecular weight excluding hydrogens is 280 g/mol. The standard InChI is InChI=1S/C16H22N4O2/c21-20(22)15-3-1-12(2-4-15)7-18-8-13-10-19(11-14(13)9-18)16-5-17-6-16/h1-4,13-14,16-17H,5-11H2. The fourth-order valence-corrected chi connectivity index (χ4v) is 4.07. The lowest BCUT2D eigenvalue weighted by molar-refractivity contribution is -0.384. The maximum Gasteiger partial charge on any atom is 0.269 e. The van der Waals surface area contributed by atoms with Gasteiger partial charge in [-0.15, -0.1) is 0 Å². The maximum atomic E-state index is 10.7. The van der Waals surface area contributed by atoms with E-state index in [4.69, 9.17) is 0 Å². The van der Waals surface area contributed by atoms with Crippen LogP contribution in [0.4, 0.5) is 5.69 Å². The summed E-state index contributed by atoms with van der Waals surface area (Å²) in [5.41, 5.74) is 1.34. The summed E-state index contributed by atoms with van der Waals surface area (Å²) in [6, 6.07) is 7.76. The van der Waals surface area contributed by atoms with Gasteiger partial charge in [-0.05, 0) is 17.4 Å². The van der Waals surface area contributed by atoms with Crippen LogP contribution in [0, 0.1) is 22.0 Å².